The fourth-order valence-electron chi connectivity index (χ4n) is 4.21. The van der Waals surface area contributed by atoms with Crippen molar-refractivity contribution in [2.24, 2.45) is 0 Å². The first-order valence-electron chi connectivity index (χ1n) is 9.09. The minimum atomic E-state index is -4.37. The van der Waals surface area contributed by atoms with Crippen molar-refractivity contribution in [1.29, 1.82) is 0 Å². The van der Waals surface area contributed by atoms with Gasteiger partial charge >= 0.3 is 6.18 Å². The number of hydrogen-bond acceptors (Lipinski definition) is 4. The summed E-state index contributed by atoms with van der Waals surface area (Å²) in [6.07, 6.45) is -1.57. The molecule has 2 fully saturated rings. The van der Waals surface area contributed by atoms with E-state index in [1.54, 1.807) is 6.92 Å². The SMILES string of the molecule is CC(=O)C1(CN2CCC(O)C2)CCCCN1c1ccc(C(F)(F)F)cc1. The Morgan fingerprint density at radius 1 is 1.23 bits per heavy atom. The monoisotopic (exact) mass is 370 g/mol. The van der Waals surface area contributed by atoms with Crippen LogP contribution in [0.4, 0.5) is 18.9 Å². The molecule has 0 amide bonds. The average Bonchev–Trinajstić information content (AvgIpc) is 2.99. The summed E-state index contributed by atoms with van der Waals surface area (Å²) in [5, 5.41) is 9.79. The van der Waals surface area contributed by atoms with Crippen LogP contribution in [-0.2, 0) is 11.0 Å². The van der Waals surface area contributed by atoms with Gasteiger partial charge in [-0.3, -0.25) is 9.69 Å². The summed E-state index contributed by atoms with van der Waals surface area (Å²) in [7, 11) is 0. The number of anilines is 1. The van der Waals surface area contributed by atoms with Gasteiger partial charge in [0.25, 0.3) is 0 Å². The Morgan fingerprint density at radius 3 is 2.46 bits per heavy atom. The van der Waals surface area contributed by atoms with Crippen molar-refractivity contribution >= 4 is 11.5 Å². The van der Waals surface area contributed by atoms with Gasteiger partial charge in [-0.2, -0.15) is 13.2 Å². The van der Waals surface area contributed by atoms with E-state index in [0.29, 0.717) is 38.2 Å². The normalized spacial score (nSPS) is 27.7. The molecule has 0 radical (unpaired) electrons. The minimum absolute atomic E-state index is 0.0264. The molecule has 2 aliphatic rings. The second-order valence-corrected chi connectivity index (χ2v) is 7.42. The van der Waals surface area contributed by atoms with Crippen molar-refractivity contribution in [2.45, 2.75) is 50.4 Å². The van der Waals surface area contributed by atoms with Crippen molar-refractivity contribution in [3.63, 3.8) is 0 Å². The van der Waals surface area contributed by atoms with E-state index in [9.17, 15) is 23.1 Å². The third-order valence-corrected chi connectivity index (χ3v) is 5.63. The van der Waals surface area contributed by atoms with E-state index in [2.05, 4.69) is 4.90 Å². The third kappa shape index (κ3) is 3.74. The van der Waals surface area contributed by atoms with Crippen molar-refractivity contribution < 1.29 is 23.1 Å². The molecule has 4 nitrogen and oxygen atoms in total. The molecule has 0 spiro atoms. The number of rotatable bonds is 4. The predicted molar refractivity (Wildman–Crippen MR) is 93.1 cm³/mol. The first-order valence-corrected chi connectivity index (χ1v) is 9.09. The molecule has 0 aromatic heterocycles. The summed E-state index contributed by atoms with van der Waals surface area (Å²) in [6.45, 7) is 3.98. The van der Waals surface area contributed by atoms with Crippen LogP contribution in [0, 0.1) is 0 Å². The number of alkyl halides is 3. The Labute approximate surface area is 151 Å². The molecule has 2 unspecified atom stereocenters. The number of carbonyl (C=O) groups is 1. The molecule has 1 aromatic rings. The van der Waals surface area contributed by atoms with Gasteiger partial charge in [-0.05, 0) is 56.9 Å². The number of aliphatic hydroxyl groups excluding tert-OH is 1. The Kier molecular flexibility index (Phi) is 5.30. The van der Waals surface area contributed by atoms with Gasteiger partial charge in [-0.25, -0.2) is 0 Å². The molecule has 2 aliphatic heterocycles. The highest BCUT2D eigenvalue weighted by Crippen LogP contribution is 2.37. The summed E-state index contributed by atoms with van der Waals surface area (Å²) < 4.78 is 38.6. The van der Waals surface area contributed by atoms with Gasteiger partial charge in [0.05, 0.1) is 11.7 Å². The highest BCUT2D eigenvalue weighted by atomic mass is 19.4. The van der Waals surface area contributed by atoms with Gasteiger partial charge in [0.15, 0.2) is 5.78 Å². The quantitative estimate of drug-likeness (QED) is 0.885. The van der Waals surface area contributed by atoms with Gasteiger partial charge in [-0.1, -0.05) is 0 Å². The van der Waals surface area contributed by atoms with Gasteiger partial charge in [0, 0.05) is 31.9 Å². The van der Waals surface area contributed by atoms with Crippen LogP contribution in [0.1, 0.15) is 38.2 Å². The minimum Gasteiger partial charge on any atom is -0.392 e. The van der Waals surface area contributed by atoms with E-state index in [1.807, 2.05) is 4.90 Å². The predicted octanol–water partition coefficient (Wildman–Crippen LogP) is 3.09. The number of nitrogens with zero attached hydrogens (tertiary/aromatic N) is 2. The van der Waals surface area contributed by atoms with Crippen LogP contribution >= 0.6 is 0 Å². The highest BCUT2D eigenvalue weighted by molar-refractivity contribution is 5.90. The fourth-order valence-corrected chi connectivity index (χ4v) is 4.21. The number of benzene rings is 1. The molecule has 1 N–H and O–H groups in total. The smallest absolute Gasteiger partial charge is 0.392 e. The fraction of sp³-hybridized carbons (Fsp3) is 0.632. The first-order chi connectivity index (χ1) is 12.2. The Balaban J connectivity index is 1.90. The summed E-state index contributed by atoms with van der Waals surface area (Å²) in [4.78, 5) is 16.8. The van der Waals surface area contributed by atoms with Crippen LogP contribution in [-0.4, -0.2) is 53.6 Å². The molecule has 0 bridgehead atoms. The molecule has 2 heterocycles. The molecule has 0 saturated carbocycles. The summed E-state index contributed by atoms with van der Waals surface area (Å²) in [6, 6.07) is 5.08. The van der Waals surface area contributed by atoms with Gasteiger partial charge in [0.2, 0.25) is 0 Å². The summed E-state index contributed by atoms with van der Waals surface area (Å²) in [5.74, 6) is 0.0264. The lowest BCUT2D eigenvalue weighted by Crippen LogP contribution is -2.62. The van der Waals surface area contributed by atoms with Gasteiger partial charge < -0.3 is 10.0 Å². The molecule has 144 valence electrons. The Bertz CT molecular complexity index is 647. The van der Waals surface area contributed by atoms with Crippen LogP contribution in [0.5, 0.6) is 0 Å². The van der Waals surface area contributed by atoms with Crippen molar-refractivity contribution in [3.05, 3.63) is 29.8 Å². The van der Waals surface area contributed by atoms with Crippen LogP contribution in [0.3, 0.4) is 0 Å². The van der Waals surface area contributed by atoms with Crippen molar-refractivity contribution in [3.8, 4) is 0 Å². The van der Waals surface area contributed by atoms with Crippen molar-refractivity contribution in [2.75, 3.05) is 31.1 Å². The number of β-amino-alcohol motifs (C(OH)–C–C–N with tert-alkyl or cyclic N) is 1. The van der Waals surface area contributed by atoms with Crippen LogP contribution in [0.2, 0.25) is 0 Å². The van der Waals surface area contributed by atoms with Crippen molar-refractivity contribution in [1.82, 2.24) is 4.90 Å². The number of halogens is 3. The molecule has 26 heavy (non-hydrogen) atoms. The number of ketones is 1. The number of likely N-dealkylation sites (tertiary alicyclic amines) is 1. The van der Waals surface area contributed by atoms with Crippen LogP contribution < -0.4 is 4.90 Å². The zero-order valence-electron chi connectivity index (χ0n) is 14.9. The number of aliphatic hydroxyl groups is 1. The third-order valence-electron chi connectivity index (χ3n) is 5.63. The summed E-state index contributed by atoms with van der Waals surface area (Å²) in [5.41, 5.74) is -0.788. The number of piperidine rings is 1. The van der Waals surface area contributed by atoms with E-state index in [1.165, 1.54) is 12.1 Å². The van der Waals surface area contributed by atoms with E-state index in [-0.39, 0.29) is 11.9 Å². The number of carbonyl (C=O) groups excluding carboxylic acids is 1. The molecule has 3 rings (SSSR count). The Morgan fingerprint density at radius 2 is 1.92 bits per heavy atom. The Hall–Kier alpha value is -1.60. The lowest BCUT2D eigenvalue weighted by molar-refractivity contribution is -0.137. The van der Waals surface area contributed by atoms with Gasteiger partial charge in [0.1, 0.15) is 5.54 Å². The molecule has 2 atom stereocenters. The largest absolute Gasteiger partial charge is 0.416 e. The zero-order valence-corrected chi connectivity index (χ0v) is 14.9. The van der Waals surface area contributed by atoms with E-state index < -0.39 is 17.3 Å². The topological polar surface area (TPSA) is 43.8 Å². The lowest BCUT2D eigenvalue weighted by Gasteiger charge is -2.48. The highest BCUT2D eigenvalue weighted by Gasteiger charge is 2.45. The standard InChI is InChI=1S/C19H25F3N2O2/c1-14(25)18(13-23-11-8-17(26)12-23)9-2-3-10-24(18)16-6-4-15(5-7-16)19(20,21)22/h4-7,17,26H,2-3,8-13H2,1H3. The van der Waals surface area contributed by atoms with Gasteiger partial charge in [-0.15, -0.1) is 0 Å². The first kappa shape index (κ1) is 19.2. The number of hydrogen-bond donors (Lipinski definition) is 1. The number of Topliss-reactive ketones (excluding diaryl/α,β-unsaturated/α-hetero) is 1. The van der Waals surface area contributed by atoms with E-state index in [4.69, 9.17) is 0 Å². The average molecular weight is 370 g/mol. The second kappa shape index (κ2) is 7.19. The lowest BCUT2D eigenvalue weighted by atomic mass is 9.82. The van der Waals surface area contributed by atoms with E-state index in [0.717, 1.165) is 31.5 Å². The molecule has 1 aromatic carbocycles. The van der Waals surface area contributed by atoms with E-state index >= 15 is 0 Å². The molecule has 0 aliphatic carbocycles. The molecular formula is C19H25F3N2O2. The molecular weight excluding hydrogens is 345 g/mol. The molecule has 7 heteroatoms. The second-order valence-electron chi connectivity index (χ2n) is 7.42. The van der Waals surface area contributed by atoms with Crippen LogP contribution in [0.15, 0.2) is 24.3 Å². The van der Waals surface area contributed by atoms with Crippen LogP contribution in [0.25, 0.3) is 0 Å². The maximum Gasteiger partial charge on any atom is 0.416 e. The summed E-state index contributed by atoms with van der Waals surface area (Å²) >= 11 is 0. The molecule has 2 saturated heterocycles. The maximum atomic E-state index is 12.9. The zero-order chi connectivity index (χ0) is 18.9. The maximum absolute atomic E-state index is 12.9.